The van der Waals surface area contributed by atoms with Gasteiger partial charge in [0.05, 0.1) is 24.5 Å². The maximum atomic E-state index is 13.3. The van der Waals surface area contributed by atoms with Gasteiger partial charge >= 0.3 is 5.97 Å². The van der Waals surface area contributed by atoms with Crippen LogP contribution in [0.25, 0.3) is 0 Å². The molecule has 1 heterocycles. The zero-order chi connectivity index (χ0) is 22.4. The molecule has 0 spiro atoms. The minimum Gasteiger partial charge on any atom is -0.464 e. The van der Waals surface area contributed by atoms with Crippen LogP contribution in [0.1, 0.15) is 52.4 Å². The highest BCUT2D eigenvalue weighted by molar-refractivity contribution is 5.95. The SMILES string of the molecule is CCOCO[C@@H]1C[C@H]2C(=O)N[C@]3(C(=O)OCC)C[C@@H]3/C=C\CCCCN(C)C(=O)[C@@H]2C1. The van der Waals surface area contributed by atoms with Crippen LogP contribution in [0.15, 0.2) is 12.2 Å². The third-order valence-corrected chi connectivity index (χ3v) is 6.62. The molecular formula is C23H36N2O6. The number of rotatable bonds is 6. The number of hydrogen-bond acceptors (Lipinski definition) is 6. The first-order valence-corrected chi connectivity index (χ1v) is 11.5. The lowest BCUT2D eigenvalue weighted by molar-refractivity contribution is -0.150. The summed E-state index contributed by atoms with van der Waals surface area (Å²) in [6.07, 6.45) is 8.05. The molecule has 1 aliphatic heterocycles. The summed E-state index contributed by atoms with van der Waals surface area (Å²) < 4.78 is 16.3. The maximum absolute atomic E-state index is 13.3. The summed E-state index contributed by atoms with van der Waals surface area (Å²) in [4.78, 5) is 41.0. The number of carbonyl (C=O) groups is 3. The monoisotopic (exact) mass is 436 g/mol. The van der Waals surface area contributed by atoms with Gasteiger partial charge in [-0.2, -0.15) is 0 Å². The summed E-state index contributed by atoms with van der Waals surface area (Å²) in [5.41, 5.74) is -1.02. The van der Waals surface area contributed by atoms with Crippen molar-refractivity contribution in [1.82, 2.24) is 10.2 Å². The highest BCUT2D eigenvalue weighted by atomic mass is 16.7. The van der Waals surface area contributed by atoms with E-state index in [1.165, 1.54) is 0 Å². The largest absolute Gasteiger partial charge is 0.464 e. The van der Waals surface area contributed by atoms with Crippen LogP contribution in [0.4, 0.5) is 0 Å². The molecule has 0 aromatic rings. The predicted octanol–water partition coefficient (Wildman–Crippen LogP) is 2.03. The highest BCUT2D eigenvalue weighted by Gasteiger charge is 2.62. The second-order valence-corrected chi connectivity index (χ2v) is 8.76. The number of fused-ring (bicyclic) bond motifs is 2. The van der Waals surface area contributed by atoms with Crippen LogP contribution in [0, 0.1) is 17.8 Å². The van der Waals surface area contributed by atoms with Crippen LogP contribution in [-0.2, 0) is 28.6 Å². The fourth-order valence-corrected chi connectivity index (χ4v) is 4.70. The summed E-state index contributed by atoms with van der Waals surface area (Å²) in [7, 11) is 1.80. The van der Waals surface area contributed by atoms with E-state index in [0.29, 0.717) is 32.4 Å². The number of carbonyl (C=O) groups excluding carboxylic acids is 3. The molecule has 5 atom stereocenters. The number of nitrogens with one attached hydrogen (secondary N) is 1. The molecule has 2 amide bonds. The van der Waals surface area contributed by atoms with Crippen LogP contribution in [0.5, 0.6) is 0 Å². The Hall–Kier alpha value is -1.93. The van der Waals surface area contributed by atoms with Crippen LogP contribution in [-0.4, -0.2) is 67.9 Å². The number of hydrogen-bond donors (Lipinski definition) is 1. The fraction of sp³-hybridized carbons (Fsp3) is 0.783. The lowest BCUT2D eigenvalue weighted by Gasteiger charge is -2.26. The van der Waals surface area contributed by atoms with Gasteiger partial charge in [-0.1, -0.05) is 12.2 Å². The first-order chi connectivity index (χ1) is 14.9. The van der Waals surface area contributed by atoms with Crippen molar-refractivity contribution in [3.8, 4) is 0 Å². The second-order valence-electron chi connectivity index (χ2n) is 8.76. The van der Waals surface area contributed by atoms with Crippen LogP contribution >= 0.6 is 0 Å². The van der Waals surface area contributed by atoms with Gasteiger partial charge in [0.2, 0.25) is 11.8 Å². The molecule has 2 saturated carbocycles. The van der Waals surface area contributed by atoms with Crippen molar-refractivity contribution in [2.75, 3.05) is 33.6 Å². The van der Waals surface area contributed by atoms with Gasteiger partial charge in [0, 0.05) is 26.1 Å². The van der Waals surface area contributed by atoms with Gasteiger partial charge in [-0.05, 0) is 52.4 Å². The van der Waals surface area contributed by atoms with E-state index in [0.717, 1.165) is 19.3 Å². The van der Waals surface area contributed by atoms with Crippen LogP contribution in [0.2, 0.25) is 0 Å². The van der Waals surface area contributed by atoms with E-state index in [1.54, 1.807) is 18.9 Å². The van der Waals surface area contributed by atoms with Crippen LogP contribution < -0.4 is 5.32 Å². The molecule has 0 aromatic heterocycles. The third-order valence-electron chi connectivity index (χ3n) is 6.62. The molecule has 3 aliphatic rings. The van der Waals surface area contributed by atoms with Gasteiger partial charge in [0.15, 0.2) is 0 Å². The molecule has 0 bridgehead atoms. The molecule has 8 heteroatoms. The standard InChI is InChI=1S/C23H36N2O6/c1-4-29-15-31-17-12-18-19(13-17)21(27)25(3)11-9-7-6-8-10-16-14-23(16,24-20(18)26)22(28)30-5-2/h8,10,16-19H,4-7,9,11-15H2,1-3H3,(H,24,26)/b10-8-/t16-,17+,18+,19+,23+/m0/s1. The Morgan fingerprint density at radius 2 is 1.97 bits per heavy atom. The quantitative estimate of drug-likeness (QED) is 0.296. The van der Waals surface area contributed by atoms with Crippen molar-refractivity contribution >= 4 is 17.8 Å². The summed E-state index contributed by atoms with van der Waals surface area (Å²) in [6.45, 7) is 5.25. The molecule has 3 rings (SSSR count). The summed E-state index contributed by atoms with van der Waals surface area (Å²) in [6, 6.07) is 0. The number of ether oxygens (including phenoxy) is 3. The van der Waals surface area contributed by atoms with Gasteiger partial charge < -0.3 is 24.4 Å². The minimum absolute atomic E-state index is 0.0345. The van der Waals surface area contributed by atoms with Gasteiger partial charge in [-0.15, -0.1) is 0 Å². The number of allylic oxidation sites excluding steroid dienone is 1. The molecule has 8 nitrogen and oxygen atoms in total. The van der Waals surface area contributed by atoms with Gasteiger partial charge in [-0.3, -0.25) is 9.59 Å². The van der Waals surface area contributed by atoms with Crippen molar-refractivity contribution in [3.05, 3.63) is 12.2 Å². The smallest absolute Gasteiger partial charge is 0.332 e. The first-order valence-electron chi connectivity index (χ1n) is 11.5. The van der Waals surface area contributed by atoms with E-state index < -0.39 is 23.3 Å². The van der Waals surface area contributed by atoms with E-state index in [-0.39, 0.29) is 37.2 Å². The van der Waals surface area contributed by atoms with Crippen molar-refractivity contribution < 1.29 is 28.6 Å². The topological polar surface area (TPSA) is 94.2 Å². The molecular weight excluding hydrogens is 400 g/mol. The fourth-order valence-electron chi connectivity index (χ4n) is 4.70. The number of esters is 1. The average Bonchev–Trinajstić information content (AvgIpc) is 3.27. The average molecular weight is 437 g/mol. The first kappa shape index (κ1) is 23.7. The molecule has 0 saturated heterocycles. The highest BCUT2D eigenvalue weighted by Crippen LogP contribution is 2.47. The zero-order valence-corrected chi connectivity index (χ0v) is 18.9. The van der Waals surface area contributed by atoms with E-state index in [4.69, 9.17) is 14.2 Å². The molecule has 0 unspecified atom stereocenters. The van der Waals surface area contributed by atoms with Gasteiger partial charge in [0.25, 0.3) is 0 Å². The Bertz CT molecular complexity index is 696. The van der Waals surface area contributed by atoms with Crippen molar-refractivity contribution in [2.24, 2.45) is 17.8 Å². The molecule has 2 aliphatic carbocycles. The molecule has 1 N–H and O–H groups in total. The molecule has 174 valence electrons. The van der Waals surface area contributed by atoms with E-state index in [9.17, 15) is 14.4 Å². The van der Waals surface area contributed by atoms with Gasteiger partial charge in [-0.25, -0.2) is 4.79 Å². The van der Waals surface area contributed by atoms with Crippen LogP contribution in [0.3, 0.4) is 0 Å². The summed E-state index contributed by atoms with van der Waals surface area (Å²) in [5, 5.41) is 2.98. The molecule has 0 aromatic carbocycles. The lowest BCUT2D eigenvalue weighted by atomic mass is 9.93. The number of amides is 2. The van der Waals surface area contributed by atoms with Crippen molar-refractivity contribution in [1.29, 1.82) is 0 Å². The Labute approximate surface area is 184 Å². The number of nitrogens with zero attached hydrogens (tertiary/aromatic N) is 1. The molecule has 2 fully saturated rings. The molecule has 31 heavy (non-hydrogen) atoms. The Morgan fingerprint density at radius 3 is 2.71 bits per heavy atom. The maximum Gasteiger partial charge on any atom is 0.332 e. The lowest BCUT2D eigenvalue weighted by Crippen LogP contribution is -2.50. The predicted molar refractivity (Wildman–Crippen MR) is 114 cm³/mol. The van der Waals surface area contributed by atoms with Crippen molar-refractivity contribution in [3.63, 3.8) is 0 Å². The van der Waals surface area contributed by atoms with Crippen molar-refractivity contribution in [2.45, 2.75) is 64.0 Å². The Morgan fingerprint density at radius 1 is 1.19 bits per heavy atom. The zero-order valence-electron chi connectivity index (χ0n) is 18.9. The van der Waals surface area contributed by atoms with Gasteiger partial charge in [0.1, 0.15) is 12.3 Å². The van der Waals surface area contributed by atoms with E-state index >= 15 is 0 Å². The Balaban J connectivity index is 1.81. The second kappa shape index (κ2) is 10.6. The normalized spacial score (nSPS) is 34.9. The van der Waals surface area contributed by atoms with E-state index in [2.05, 4.69) is 11.4 Å². The summed E-state index contributed by atoms with van der Waals surface area (Å²) >= 11 is 0. The van der Waals surface area contributed by atoms with E-state index in [1.807, 2.05) is 13.0 Å². The third kappa shape index (κ3) is 5.47. The minimum atomic E-state index is -1.02. The summed E-state index contributed by atoms with van der Waals surface area (Å²) in [5.74, 6) is -1.77. The molecule has 0 radical (unpaired) electrons. The Kier molecular flexibility index (Phi) is 8.11.